The number of nitrogens with one attached hydrogen (secondary N) is 1. The van der Waals surface area contributed by atoms with E-state index >= 15 is 0 Å². The van der Waals surface area contributed by atoms with Gasteiger partial charge in [0.1, 0.15) is 0 Å². The van der Waals surface area contributed by atoms with Gasteiger partial charge in [-0.25, -0.2) is 8.42 Å². The van der Waals surface area contributed by atoms with Crippen molar-refractivity contribution in [3.63, 3.8) is 0 Å². The highest BCUT2D eigenvalue weighted by atomic mass is 32.2. The molecular weight excluding hydrogens is 384 g/mol. The van der Waals surface area contributed by atoms with Gasteiger partial charge >= 0.3 is 0 Å². The van der Waals surface area contributed by atoms with Gasteiger partial charge in [0.05, 0.1) is 11.9 Å². The first-order chi connectivity index (χ1) is 13.9. The van der Waals surface area contributed by atoms with Crippen LogP contribution in [0.2, 0.25) is 0 Å². The van der Waals surface area contributed by atoms with Crippen LogP contribution in [0.1, 0.15) is 24.0 Å². The Morgan fingerprint density at radius 1 is 0.966 bits per heavy atom. The van der Waals surface area contributed by atoms with E-state index in [0.29, 0.717) is 12.1 Å². The summed E-state index contributed by atoms with van der Waals surface area (Å²) < 4.78 is 25.6. The molecule has 29 heavy (non-hydrogen) atoms. The van der Waals surface area contributed by atoms with Gasteiger partial charge in [-0.2, -0.15) is 0 Å². The van der Waals surface area contributed by atoms with Crippen LogP contribution in [0.4, 0.5) is 11.4 Å². The van der Waals surface area contributed by atoms with Gasteiger partial charge in [0, 0.05) is 24.0 Å². The average Bonchev–Trinajstić information content (AvgIpc) is 3.12. The topological polar surface area (TPSA) is 66.5 Å². The summed E-state index contributed by atoms with van der Waals surface area (Å²) in [6.45, 7) is 0.264. The molecule has 1 aliphatic carbocycles. The molecule has 150 valence electrons. The van der Waals surface area contributed by atoms with E-state index in [4.69, 9.17) is 0 Å². The van der Waals surface area contributed by atoms with Crippen LogP contribution < -0.4 is 9.62 Å². The highest BCUT2D eigenvalue weighted by Crippen LogP contribution is 2.35. The summed E-state index contributed by atoms with van der Waals surface area (Å²) in [6.07, 6.45) is 3.97. The Bertz CT molecular complexity index is 1150. The molecule has 1 amide bonds. The molecule has 1 aliphatic rings. The fourth-order valence-electron chi connectivity index (χ4n) is 4.03. The van der Waals surface area contributed by atoms with Gasteiger partial charge in [-0.3, -0.25) is 9.10 Å². The van der Waals surface area contributed by atoms with Gasteiger partial charge in [-0.15, -0.1) is 0 Å². The number of hydrogen-bond donors (Lipinski definition) is 1. The predicted octanol–water partition coefficient (Wildman–Crippen LogP) is 4.12. The molecule has 0 bridgehead atoms. The van der Waals surface area contributed by atoms with Gasteiger partial charge in [-0.05, 0) is 54.0 Å². The number of anilines is 2. The summed E-state index contributed by atoms with van der Waals surface area (Å²) in [5.41, 5.74) is 4.10. The van der Waals surface area contributed by atoms with Crippen LogP contribution in [0.5, 0.6) is 0 Å². The molecule has 3 aromatic carbocycles. The minimum Gasteiger partial charge on any atom is -0.326 e. The summed E-state index contributed by atoms with van der Waals surface area (Å²) in [4.78, 5) is 12.5. The Balaban J connectivity index is 1.43. The smallest absolute Gasteiger partial charge is 0.232 e. The van der Waals surface area contributed by atoms with Crippen molar-refractivity contribution in [3.05, 3.63) is 71.8 Å². The van der Waals surface area contributed by atoms with E-state index in [9.17, 15) is 13.2 Å². The fourth-order valence-corrected chi connectivity index (χ4v) is 5.00. The molecule has 6 heteroatoms. The van der Waals surface area contributed by atoms with Crippen LogP contribution in [0, 0.1) is 0 Å². The molecule has 4 rings (SSSR count). The summed E-state index contributed by atoms with van der Waals surface area (Å²) >= 11 is 0. The number of nitrogens with zero attached hydrogens (tertiary/aromatic N) is 1. The molecule has 5 nitrogen and oxygen atoms in total. The molecule has 0 heterocycles. The Hall–Kier alpha value is -2.86. The largest absolute Gasteiger partial charge is 0.326 e. The third-order valence-electron chi connectivity index (χ3n) is 5.36. The van der Waals surface area contributed by atoms with Crippen molar-refractivity contribution in [1.29, 1.82) is 0 Å². The normalized spacial score (nSPS) is 12.9. The molecule has 0 unspecified atom stereocenters. The van der Waals surface area contributed by atoms with Gasteiger partial charge in [0.2, 0.25) is 15.9 Å². The SMILES string of the molecule is CS(=O)(=O)N(CCCC(=O)Nc1ccc2c3c(cccc13)CC2)c1ccccc1. The van der Waals surface area contributed by atoms with Crippen molar-refractivity contribution in [2.75, 3.05) is 22.4 Å². The number of rotatable bonds is 7. The van der Waals surface area contributed by atoms with E-state index in [0.717, 1.165) is 23.9 Å². The monoisotopic (exact) mass is 408 g/mol. The highest BCUT2D eigenvalue weighted by Gasteiger charge is 2.19. The van der Waals surface area contributed by atoms with Crippen LogP contribution >= 0.6 is 0 Å². The summed E-state index contributed by atoms with van der Waals surface area (Å²) in [6, 6.07) is 19.2. The minimum atomic E-state index is -3.40. The Labute approximate surface area is 171 Å². The lowest BCUT2D eigenvalue weighted by molar-refractivity contribution is -0.116. The molecule has 0 saturated heterocycles. The minimum absolute atomic E-state index is 0.106. The summed E-state index contributed by atoms with van der Waals surface area (Å²) in [5.74, 6) is -0.106. The molecule has 0 fully saturated rings. The number of para-hydroxylation sites is 1. The van der Waals surface area contributed by atoms with Gasteiger partial charge < -0.3 is 5.32 Å². The van der Waals surface area contributed by atoms with E-state index in [1.807, 2.05) is 24.3 Å². The number of benzene rings is 3. The van der Waals surface area contributed by atoms with Crippen LogP contribution in [0.15, 0.2) is 60.7 Å². The Kier molecular flexibility index (Phi) is 5.28. The van der Waals surface area contributed by atoms with Crippen molar-refractivity contribution in [2.24, 2.45) is 0 Å². The number of amides is 1. The standard InChI is InChI=1S/C23H24N2O3S/c1-29(27,28)25(19-8-3-2-4-9-19)16-6-11-22(26)24-21-15-14-18-13-12-17-7-5-10-20(21)23(17)18/h2-5,7-10,14-15H,6,11-13,16H2,1H3,(H,24,26). The Morgan fingerprint density at radius 2 is 1.69 bits per heavy atom. The van der Waals surface area contributed by atoms with E-state index in [-0.39, 0.29) is 18.9 Å². The van der Waals surface area contributed by atoms with Crippen molar-refractivity contribution < 1.29 is 13.2 Å². The van der Waals surface area contributed by atoms with Crippen molar-refractivity contribution in [2.45, 2.75) is 25.7 Å². The van der Waals surface area contributed by atoms with Gasteiger partial charge in [0.15, 0.2) is 0 Å². The lowest BCUT2D eigenvalue weighted by Gasteiger charge is -2.22. The molecule has 0 aromatic heterocycles. The van der Waals surface area contributed by atoms with Gasteiger partial charge in [-0.1, -0.05) is 42.5 Å². The maximum atomic E-state index is 12.5. The molecule has 0 spiro atoms. The second kappa shape index (κ2) is 7.87. The molecule has 0 saturated carbocycles. The summed E-state index contributed by atoms with van der Waals surface area (Å²) in [7, 11) is -3.40. The van der Waals surface area contributed by atoms with E-state index in [1.54, 1.807) is 24.3 Å². The third kappa shape index (κ3) is 4.12. The zero-order valence-corrected chi connectivity index (χ0v) is 17.2. The second-order valence-corrected chi connectivity index (χ2v) is 9.34. The Morgan fingerprint density at radius 3 is 2.41 bits per heavy atom. The van der Waals surface area contributed by atoms with Crippen LogP contribution in [0.3, 0.4) is 0 Å². The van der Waals surface area contributed by atoms with Crippen LogP contribution in [0.25, 0.3) is 10.8 Å². The van der Waals surface area contributed by atoms with Crippen molar-refractivity contribution in [3.8, 4) is 0 Å². The number of sulfonamides is 1. The van der Waals surface area contributed by atoms with E-state index < -0.39 is 10.0 Å². The van der Waals surface area contributed by atoms with Crippen LogP contribution in [-0.2, 0) is 27.7 Å². The first-order valence-corrected chi connectivity index (χ1v) is 11.6. The molecule has 0 atom stereocenters. The maximum Gasteiger partial charge on any atom is 0.232 e. The van der Waals surface area contributed by atoms with Crippen molar-refractivity contribution >= 4 is 38.1 Å². The molecule has 0 aliphatic heterocycles. The first-order valence-electron chi connectivity index (χ1n) is 9.79. The molecule has 3 aromatic rings. The zero-order chi connectivity index (χ0) is 20.4. The van der Waals surface area contributed by atoms with E-state index in [1.165, 1.54) is 27.1 Å². The number of aryl methyl sites for hydroxylation is 2. The lowest BCUT2D eigenvalue weighted by Crippen LogP contribution is -2.31. The zero-order valence-electron chi connectivity index (χ0n) is 16.4. The maximum absolute atomic E-state index is 12.5. The van der Waals surface area contributed by atoms with Crippen molar-refractivity contribution in [1.82, 2.24) is 0 Å². The van der Waals surface area contributed by atoms with Gasteiger partial charge in [0.25, 0.3) is 0 Å². The highest BCUT2D eigenvalue weighted by molar-refractivity contribution is 7.92. The quantitative estimate of drug-likeness (QED) is 0.639. The first kappa shape index (κ1) is 19.5. The number of carbonyl (C=O) groups excluding carboxylic acids is 1. The fraction of sp³-hybridized carbons (Fsp3) is 0.261. The molecular formula is C23H24N2O3S. The predicted molar refractivity (Wildman–Crippen MR) is 118 cm³/mol. The lowest BCUT2D eigenvalue weighted by atomic mass is 10.0. The molecule has 0 radical (unpaired) electrons. The summed E-state index contributed by atoms with van der Waals surface area (Å²) in [5, 5.41) is 5.35. The average molecular weight is 409 g/mol. The van der Waals surface area contributed by atoms with Crippen LogP contribution in [-0.4, -0.2) is 27.1 Å². The number of hydrogen-bond acceptors (Lipinski definition) is 3. The number of carbonyl (C=O) groups is 1. The second-order valence-electron chi connectivity index (χ2n) is 7.43. The van der Waals surface area contributed by atoms with E-state index in [2.05, 4.69) is 17.4 Å². The third-order valence-corrected chi connectivity index (χ3v) is 6.55. The molecule has 1 N–H and O–H groups in total.